The van der Waals surface area contributed by atoms with Crippen LogP contribution in [0, 0.1) is 0 Å². The third kappa shape index (κ3) is 2.75. The summed E-state index contributed by atoms with van der Waals surface area (Å²) in [5.41, 5.74) is 0. The topological polar surface area (TPSA) is 99.4 Å². The van der Waals surface area contributed by atoms with E-state index in [4.69, 9.17) is 16.0 Å². The van der Waals surface area contributed by atoms with Crippen molar-refractivity contribution in [2.45, 2.75) is 30.7 Å². The van der Waals surface area contributed by atoms with Crippen molar-refractivity contribution in [2.75, 3.05) is 13.2 Å². The number of aliphatic hydroxyl groups is 4. The smallest absolute Gasteiger partial charge is 0.187 e. The van der Waals surface area contributed by atoms with Crippen LogP contribution in [0.25, 0.3) is 0 Å². The molecule has 6 nitrogen and oxygen atoms in total. The Morgan fingerprint density at radius 1 is 1.33 bits per heavy atom. The molecule has 0 bridgehead atoms. The number of rotatable bonds is 4. The predicted molar refractivity (Wildman–Crippen MR) is 49.9 cm³/mol. The zero-order valence-corrected chi connectivity index (χ0v) is 8.06. The Labute approximate surface area is 88.8 Å². The first-order valence-corrected chi connectivity index (χ1v) is 4.52. The van der Waals surface area contributed by atoms with Gasteiger partial charge in [0.05, 0.1) is 14.6 Å². The lowest BCUT2D eigenvalue weighted by atomic mass is 9.99. The number of ether oxygens (including phenoxy) is 2. The van der Waals surface area contributed by atoms with Crippen LogP contribution in [-0.4, -0.2) is 64.3 Å². The molecule has 88 valence electrons. The molecule has 0 spiro atoms. The van der Waals surface area contributed by atoms with E-state index in [9.17, 15) is 15.3 Å². The van der Waals surface area contributed by atoms with Gasteiger partial charge in [-0.2, -0.15) is 0 Å². The SMILES string of the molecule is [2H]C(C=C)OC1O[C@H](CO)[C@@H](O)[C@H](O)[C@@H]1O. The third-order valence-electron chi connectivity index (χ3n) is 2.16. The summed E-state index contributed by atoms with van der Waals surface area (Å²) in [6.07, 6.45) is -5.54. The molecular formula is C9H16O6. The van der Waals surface area contributed by atoms with Crippen molar-refractivity contribution in [3.8, 4) is 0 Å². The van der Waals surface area contributed by atoms with Crippen LogP contribution in [0.4, 0.5) is 0 Å². The summed E-state index contributed by atoms with van der Waals surface area (Å²) in [5, 5.41) is 37.2. The molecule has 0 radical (unpaired) electrons. The van der Waals surface area contributed by atoms with E-state index in [0.29, 0.717) is 0 Å². The van der Waals surface area contributed by atoms with Crippen molar-refractivity contribution in [3.05, 3.63) is 12.7 Å². The zero-order valence-electron chi connectivity index (χ0n) is 9.06. The zero-order chi connectivity index (χ0) is 12.3. The second-order valence-electron chi connectivity index (χ2n) is 3.21. The molecule has 2 unspecified atom stereocenters. The van der Waals surface area contributed by atoms with Gasteiger partial charge in [-0.15, -0.1) is 6.58 Å². The predicted octanol–water partition coefficient (Wildman–Crippen LogP) is -2.01. The molecule has 0 aliphatic carbocycles. The van der Waals surface area contributed by atoms with Crippen LogP contribution in [-0.2, 0) is 9.47 Å². The number of aliphatic hydroxyl groups excluding tert-OH is 4. The molecule has 15 heavy (non-hydrogen) atoms. The van der Waals surface area contributed by atoms with Crippen molar-refractivity contribution in [3.63, 3.8) is 0 Å². The molecule has 1 fully saturated rings. The van der Waals surface area contributed by atoms with Gasteiger partial charge in [0.1, 0.15) is 24.4 Å². The van der Waals surface area contributed by atoms with Crippen LogP contribution in [0.3, 0.4) is 0 Å². The Morgan fingerprint density at radius 3 is 2.53 bits per heavy atom. The molecule has 0 saturated carbocycles. The van der Waals surface area contributed by atoms with Crippen LogP contribution in [0.2, 0.25) is 0 Å². The highest BCUT2D eigenvalue weighted by molar-refractivity contribution is 4.89. The van der Waals surface area contributed by atoms with Gasteiger partial charge >= 0.3 is 0 Å². The van der Waals surface area contributed by atoms with E-state index in [2.05, 4.69) is 6.58 Å². The Balaban J connectivity index is 2.66. The molecule has 0 aromatic carbocycles. The van der Waals surface area contributed by atoms with Crippen molar-refractivity contribution in [1.29, 1.82) is 0 Å². The highest BCUT2D eigenvalue weighted by atomic mass is 16.7. The van der Waals surface area contributed by atoms with E-state index in [1.165, 1.54) is 6.08 Å². The maximum Gasteiger partial charge on any atom is 0.187 e. The number of hydrogen-bond acceptors (Lipinski definition) is 6. The van der Waals surface area contributed by atoms with E-state index in [1.54, 1.807) is 0 Å². The fourth-order valence-corrected chi connectivity index (χ4v) is 1.31. The molecule has 0 amide bonds. The summed E-state index contributed by atoms with van der Waals surface area (Å²) in [4.78, 5) is 0. The Kier molecular flexibility index (Phi) is 4.07. The Morgan fingerprint density at radius 2 is 2.00 bits per heavy atom. The van der Waals surface area contributed by atoms with Crippen molar-refractivity contribution < 1.29 is 31.3 Å². The van der Waals surface area contributed by atoms with Crippen LogP contribution < -0.4 is 0 Å². The first-order chi connectivity index (χ1) is 7.51. The molecule has 1 rings (SSSR count). The number of hydrogen-bond donors (Lipinski definition) is 4. The van der Waals surface area contributed by atoms with Gasteiger partial charge in [0, 0.05) is 0 Å². The first kappa shape index (κ1) is 11.0. The van der Waals surface area contributed by atoms with Gasteiger partial charge in [-0.1, -0.05) is 6.08 Å². The summed E-state index contributed by atoms with van der Waals surface area (Å²) in [7, 11) is 0. The Hall–Kier alpha value is -0.500. The molecule has 6 heteroatoms. The lowest BCUT2D eigenvalue weighted by Crippen LogP contribution is -2.59. The largest absolute Gasteiger partial charge is 0.394 e. The van der Waals surface area contributed by atoms with Crippen molar-refractivity contribution in [2.24, 2.45) is 0 Å². The summed E-state index contributed by atoms with van der Waals surface area (Å²) in [6.45, 7) is 1.66. The van der Waals surface area contributed by atoms with E-state index >= 15 is 0 Å². The monoisotopic (exact) mass is 221 g/mol. The normalized spacial score (nSPS) is 44.5. The fourth-order valence-electron chi connectivity index (χ4n) is 1.31. The molecule has 0 aromatic heterocycles. The van der Waals surface area contributed by atoms with Gasteiger partial charge in [0.15, 0.2) is 6.29 Å². The van der Waals surface area contributed by atoms with Gasteiger partial charge in [0.25, 0.3) is 0 Å². The van der Waals surface area contributed by atoms with Crippen LogP contribution in [0.1, 0.15) is 1.37 Å². The van der Waals surface area contributed by atoms with Crippen LogP contribution in [0.5, 0.6) is 0 Å². The highest BCUT2D eigenvalue weighted by Gasteiger charge is 2.43. The lowest BCUT2D eigenvalue weighted by molar-refractivity contribution is -0.298. The minimum Gasteiger partial charge on any atom is -0.394 e. The van der Waals surface area contributed by atoms with E-state index in [-0.39, 0.29) is 0 Å². The quantitative estimate of drug-likeness (QED) is 0.409. The van der Waals surface area contributed by atoms with Gasteiger partial charge < -0.3 is 29.9 Å². The fraction of sp³-hybridized carbons (Fsp3) is 0.778. The maximum atomic E-state index is 9.51. The lowest BCUT2D eigenvalue weighted by Gasteiger charge is -2.39. The standard InChI is InChI=1S/C9H16O6/c1-2-3-14-9-8(13)7(12)6(11)5(4-10)15-9/h2,5-13H,1,3-4H2/t5-,6-,7+,8+,9?/m1/s1/i3D/t3?,5-,6-,7+,8+,9?. The molecule has 1 heterocycles. The summed E-state index contributed by atoms with van der Waals surface area (Å²) >= 11 is 0. The van der Waals surface area contributed by atoms with E-state index in [0.717, 1.165) is 0 Å². The van der Waals surface area contributed by atoms with Crippen molar-refractivity contribution in [1.82, 2.24) is 0 Å². The molecule has 6 atom stereocenters. The average molecular weight is 221 g/mol. The summed E-state index contributed by atoms with van der Waals surface area (Å²) in [6, 6.07) is 0. The molecule has 1 aliphatic heterocycles. The molecular weight excluding hydrogens is 204 g/mol. The minimum absolute atomic E-state index is 0.526. The van der Waals surface area contributed by atoms with Gasteiger partial charge in [0.2, 0.25) is 0 Å². The molecule has 1 saturated heterocycles. The van der Waals surface area contributed by atoms with Gasteiger partial charge in [-0.05, 0) is 0 Å². The average Bonchev–Trinajstić information content (AvgIpc) is 2.29. The maximum absolute atomic E-state index is 9.51. The van der Waals surface area contributed by atoms with Crippen LogP contribution in [0.15, 0.2) is 12.7 Å². The molecule has 1 aliphatic rings. The highest BCUT2D eigenvalue weighted by Crippen LogP contribution is 2.21. The second-order valence-corrected chi connectivity index (χ2v) is 3.21. The van der Waals surface area contributed by atoms with Crippen LogP contribution >= 0.6 is 0 Å². The second kappa shape index (κ2) is 5.55. The van der Waals surface area contributed by atoms with Crippen molar-refractivity contribution >= 4 is 0 Å². The minimum atomic E-state index is -1.49. The third-order valence-corrected chi connectivity index (χ3v) is 2.16. The molecule has 0 aromatic rings. The van der Waals surface area contributed by atoms with E-state index < -0.39 is 43.9 Å². The summed E-state index contributed by atoms with van der Waals surface area (Å²) < 4.78 is 17.1. The summed E-state index contributed by atoms with van der Waals surface area (Å²) in [5.74, 6) is 0. The van der Waals surface area contributed by atoms with E-state index in [1.807, 2.05) is 0 Å². The molecule has 4 N–H and O–H groups in total. The first-order valence-electron chi connectivity index (χ1n) is 5.09. The van der Waals surface area contributed by atoms with Gasteiger partial charge in [-0.25, -0.2) is 0 Å². The van der Waals surface area contributed by atoms with Gasteiger partial charge in [-0.3, -0.25) is 0 Å². The Bertz CT molecular complexity index is 236.